The van der Waals surface area contributed by atoms with E-state index in [-0.39, 0.29) is 6.10 Å². The Bertz CT molecular complexity index is 230. The summed E-state index contributed by atoms with van der Waals surface area (Å²) in [4.78, 5) is 2.44. The largest absolute Gasteiger partial charge is 0.375 e. The van der Waals surface area contributed by atoms with Crippen LogP contribution < -0.4 is 5.32 Å². The van der Waals surface area contributed by atoms with E-state index < -0.39 is 0 Å². The summed E-state index contributed by atoms with van der Waals surface area (Å²) in [7, 11) is 2.06. The molecule has 4 nitrogen and oxygen atoms in total. The Hall–Kier alpha value is -0.160. The van der Waals surface area contributed by atoms with Crippen LogP contribution >= 0.6 is 0 Å². The van der Waals surface area contributed by atoms with Crippen molar-refractivity contribution >= 4 is 0 Å². The summed E-state index contributed by atoms with van der Waals surface area (Å²) in [5, 5.41) is 3.36. The summed E-state index contributed by atoms with van der Waals surface area (Å²) in [5.74, 6) is 0. The molecular weight excluding hydrogens is 228 g/mol. The van der Waals surface area contributed by atoms with E-state index >= 15 is 0 Å². The quantitative estimate of drug-likeness (QED) is 0.803. The van der Waals surface area contributed by atoms with E-state index in [9.17, 15) is 0 Å². The van der Waals surface area contributed by atoms with Gasteiger partial charge < -0.3 is 14.8 Å². The van der Waals surface area contributed by atoms with Crippen LogP contribution in [0.4, 0.5) is 0 Å². The van der Waals surface area contributed by atoms with Gasteiger partial charge in [0.15, 0.2) is 0 Å². The third-order valence-electron chi connectivity index (χ3n) is 4.27. The van der Waals surface area contributed by atoms with E-state index in [1.807, 2.05) is 0 Å². The summed E-state index contributed by atoms with van der Waals surface area (Å²) in [6, 6.07) is 0.700. The Balaban J connectivity index is 1.63. The summed E-state index contributed by atoms with van der Waals surface area (Å²) in [5.41, 5.74) is 0. The Morgan fingerprint density at radius 3 is 2.72 bits per heavy atom. The van der Waals surface area contributed by atoms with Gasteiger partial charge in [-0.15, -0.1) is 0 Å². The van der Waals surface area contributed by atoms with E-state index in [4.69, 9.17) is 9.47 Å². The van der Waals surface area contributed by atoms with E-state index in [2.05, 4.69) is 24.2 Å². The van der Waals surface area contributed by atoms with Gasteiger partial charge in [0.25, 0.3) is 0 Å². The summed E-state index contributed by atoms with van der Waals surface area (Å²) < 4.78 is 11.8. The summed E-state index contributed by atoms with van der Waals surface area (Å²) in [6.07, 6.45) is 5.60. The van der Waals surface area contributed by atoms with Crippen LogP contribution in [0.2, 0.25) is 0 Å². The summed E-state index contributed by atoms with van der Waals surface area (Å²) >= 11 is 0. The molecule has 0 aromatic rings. The lowest BCUT2D eigenvalue weighted by molar-refractivity contribution is -0.0900. The van der Waals surface area contributed by atoms with E-state index in [0.29, 0.717) is 12.1 Å². The molecule has 1 aliphatic heterocycles. The summed E-state index contributed by atoms with van der Waals surface area (Å²) in [6.45, 7) is 7.05. The molecule has 1 saturated heterocycles. The zero-order valence-electron chi connectivity index (χ0n) is 11.9. The molecule has 0 bridgehead atoms. The second-order valence-electron chi connectivity index (χ2n) is 5.48. The molecule has 1 atom stereocenters. The first-order valence-corrected chi connectivity index (χ1v) is 7.44. The number of hydrogen-bond acceptors (Lipinski definition) is 4. The predicted molar refractivity (Wildman–Crippen MR) is 72.9 cm³/mol. The lowest BCUT2D eigenvalue weighted by Gasteiger charge is -2.34. The highest BCUT2D eigenvalue weighted by molar-refractivity contribution is 4.77. The zero-order valence-corrected chi connectivity index (χ0v) is 11.9. The molecule has 1 aliphatic carbocycles. The first kappa shape index (κ1) is 14.3. The second-order valence-corrected chi connectivity index (χ2v) is 5.48. The topological polar surface area (TPSA) is 33.7 Å². The van der Waals surface area contributed by atoms with Crippen LogP contribution in [-0.4, -0.2) is 63.0 Å². The molecule has 18 heavy (non-hydrogen) atoms. The lowest BCUT2D eigenvalue weighted by Crippen LogP contribution is -2.45. The molecule has 0 amide bonds. The van der Waals surface area contributed by atoms with Crippen molar-refractivity contribution in [2.75, 3.05) is 39.9 Å². The minimum absolute atomic E-state index is 0.278. The van der Waals surface area contributed by atoms with Crippen molar-refractivity contribution in [2.45, 2.75) is 50.9 Å². The molecular formula is C14H28N2O2. The Kier molecular flexibility index (Phi) is 5.89. The normalized spacial score (nSPS) is 34.7. The highest BCUT2D eigenvalue weighted by atomic mass is 16.5. The van der Waals surface area contributed by atoms with Gasteiger partial charge in [0.2, 0.25) is 0 Å². The van der Waals surface area contributed by atoms with Crippen LogP contribution in [0, 0.1) is 0 Å². The molecule has 0 aromatic heterocycles. The monoisotopic (exact) mass is 256 g/mol. The van der Waals surface area contributed by atoms with Crippen LogP contribution in [0.25, 0.3) is 0 Å². The number of morpholine rings is 1. The molecule has 1 N–H and O–H groups in total. The number of ether oxygens (including phenoxy) is 2. The van der Waals surface area contributed by atoms with Gasteiger partial charge in [0.05, 0.1) is 25.4 Å². The van der Waals surface area contributed by atoms with Crippen molar-refractivity contribution in [1.29, 1.82) is 0 Å². The molecule has 4 heteroatoms. The van der Waals surface area contributed by atoms with Crippen molar-refractivity contribution < 1.29 is 9.47 Å². The Labute approximate surface area is 111 Å². The van der Waals surface area contributed by atoms with Gasteiger partial charge in [-0.1, -0.05) is 6.92 Å². The SMILES string of the molecule is CCN1CCOC(COC2CCC(NC)CC2)C1. The van der Waals surface area contributed by atoms with Crippen molar-refractivity contribution in [3.05, 3.63) is 0 Å². The number of nitrogens with zero attached hydrogens (tertiary/aromatic N) is 1. The number of likely N-dealkylation sites (N-methyl/N-ethyl adjacent to an activating group) is 1. The maximum Gasteiger partial charge on any atom is 0.0935 e. The fraction of sp³-hybridized carbons (Fsp3) is 1.00. The Morgan fingerprint density at radius 2 is 2.06 bits per heavy atom. The highest BCUT2D eigenvalue weighted by Crippen LogP contribution is 2.21. The van der Waals surface area contributed by atoms with Gasteiger partial charge in [-0.2, -0.15) is 0 Å². The molecule has 0 spiro atoms. The molecule has 2 rings (SSSR count). The standard InChI is InChI=1S/C14H28N2O2/c1-3-16-8-9-17-14(10-16)11-18-13-6-4-12(15-2)5-7-13/h12-15H,3-11H2,1-2H3. The van der Waals surface area contributed by atoms with Gasteiger partial charge in [0, 0.05) is 19.1 Å². The second kappa shape index (κ2) is 7.43. The van der Waals surface area contributed by atoms with Crippen LogP contribution in [0.5, 0.6) is 0 Å². The maximum absolute atomic E-state index is 6.03. The van der Waals surface area contributed by atoms with Crippen molar-refractivity contribution in [1.82, 2.24) is 10.2 Å². The molecule has 2 aliphatic rings. The third-order valence-corrected chi connectivity index (χ3v) is 4.27. The van der Waals surface area contributed by atoms with E-state index in [1.54, 1.807) is 0 Å². The van der Waals surface area contributed by atoms with Gasteiger partial charge in [0.1, 0.15) is 0 Å². The molecule has 1 unspecified atom stereocenters. The number of nitrogens with one attached hydrogen (secondary N) is 1. The molecule has 0 radical (unpaired) electrons. The van der Waals surface area contributed by atoms with Gasteiger partial charge in [-0.05, 0) is 39.3 Å². The number of hydrogen-bond donors (Lipinski definition) is 1. The fourth-order valence-electron chi connectivity index (χ4n) is 2.93. The van der Waals surface area contributed by atoms with Gasteiger partial charge in [-0.25, -0.2) is 0 Å². The van der Waals surface area contributed by atoms with Crippen molar-refractivity contribution in [2.24, 2.45) is 0 Å². The minimum Gasteiger partial charge on any atom is -0.375 e. The third kappa shape index (κ3) is 4.19. The molecule has 1 saturated carbocycles. The smallest absolute Gasteiger partial charge is 0.0935 e. The van der Waals surface area contributed by atoms with Gasteiger partial charge in [-0.3, -0.25) is 4.90 Å². The average Bonchev–Trinajstić information content (AvgIpc) is 2.46. The zero-order chi connectivity index (χ0) is 12.8. The van der Waals surface area contributed by atoms with Crippen LogP contribution in [0.15, 0.2) is 0 Å². The van der Waals surface area contributed by atoms with Crippen molar-refractivity contribution in [3.63, 3.8) is 0 Å². The molecule has 1 heterocycles. The average molecular weight is 256 g/mol. The van der Waals surface area contributed by atoms with E-state index in [0.717, 1.165) is 32.8 Å². The van der Waals surface area contributed by atoms with Crippen LogP contribution in [0.3, 0.4) is 0 Å². The number of rotatable bonds is 5. The predicted octanol–water partition coefficient (Wildman–Crippen LogP) is 1.25. The fourth-order valence-corrected chi connectivity index (χ4v) is 2.93. The Morgan fingerprint density at radius 1 is 1.28 bits per heavy atom. The van der Waals surface area contributed by atoms with Crippen LogP contribution in [-0.2, 0) is 9.47 Å². The first-order valence-electron chi connectivity index (χ1n) is 7.44. The van der Waals surface area contributed by atoms with Crippen molar-refractivity contribution in [3.8, 4) is 0 Å². The first-order chi connectivity index (χ1) is 8.81. The maximum atomic E-state index is 6.03. The highest BCUT2D eigenvalue weighted by Gasteiger charge is 2.24. The lowest BCUT2D eigenvalue weighted by atomic mass is 9.93. The van der Waals surface area contributed by atoms with E-state index in [1.165, 1.54) is 25.7 Å². The molecule has 0 aromatic carbocycles. The van der Waals surface area contributed by atoms with Gasteiger partial charge >= 0.3 is 0 Å². The molecule has 106 valence electrons. The van der Waals surface area contributed by atoms with Crippen LogP contribution in [0.1, 0.15) is 32.6 Å². The minimum atomic E-state index is 0.278. The molecule has 2 fully saturated rings.